The molecule has 5 heteroatoms. The van der Waals surface area contributed by atoms with E-state index in [0.717, 1.165) is 35.9 Å². The second-order valence-electron chi connectivity index (χ2n) is 5.35. The molecule has 2 N–H and O–H groups in total. The zero-order valence-corrected chi connectivity index (χ0v) is 14.3. The highest BCUT2D eigenvalue weighted by molar-refractivity contribution is 7.98. The number of carboxylic acids is 1. The van der Waals surface area contributed by atoms with Gasteiger partial charge in [-0.1, -0.05) is 30.7 Å². The molecule has 0 aliphatic rings. The van der Waals surface area contributed by atoms with Crippen molar-refractivity contribution in [1.29, 1.82) is 0 Å². The van der Waals surface area contributed by atoms with Crippen LogP contribution < -0.4 is 5.32 Å². The van der Waals surface area contributed by atoms with Gasteiger partial charge in [-0.25, -0.2) is 0 Å². The molecule has 118 valence electrons. The number of benzene rings is 1. The Kier molecular flexibility index (Phi) is 8.15. The lowest BCUT2D eigenvalue weighted by molar-refractivity contribution is -0.144. The largest absolute Gasteiger partial charge is 0.480 e. The Morgan fingerprint density at radius 1 is 1.38 bits per heavy atom. The molecule has 0 spiro atoms. The first-order valence-electron chi connectivity index (χ1n) is 7.28. The Hall–Kier alpha value is -0.710. The van der Waals surface area contributed by atoms with Crippen LogP contribution in [-0.4, -0.2) is 28.9 Å². The SMILES string of the molecule is CCCNC(C)(CCCSCc1ccc(Cl)cc1)C(=O)O. The van der Waals surface area contributed by atoms with Crippen LogP contribution in [0.15, 0.2) is 24.3 Å². The van der Waals surface area contributed by atoms with E-state index in [2.05, 4.69) is 5.32 Å². The van der Waals surface area contributed by atoms with Gasteiger partial charge in [0.1, 0.15) is 5.54 Å². The van der Waals surface area contributed by atoms with E-state index >= 15 is 0 Å². The average Bonchev–Trinajstić information content (AvgIpc) is 2.46. The van der Waals surface area contributed by atoms with Gasteiger partial charge in [0.2, 0.25) is 0 Å². The van der Waals surface area contributed by atoms with Crippen LogP contribution in [0.5, 0.6) is 0 Å². The molecule has 1 atom stereocenters. The molecule has 0 aromatic heterocycles. The third-order valence-electron chi connectivity index (χ3n) is 3.38. The quantitative estimate of drug-likeness (QED) is 0.632. The van der Waals surface area contributed by atoms with Crippen molar-refractivity contribution in [2.24, 2.45) is 0 Å². The number of halogens is 1. The molecule has 0 saturated carbocycles. The van der Waals surface area contributed by atoms with Gasteiger partial charge in [0.15, 0.2) is 0 Å². The Balaban J connectivity index is 2.28. The van der Waals surface area contributed by atoms with E-state index in [4.69, 9.17) is 11.6 Å². The summed E-state index contributed by atoms with van der Waals surface area (Å²) in [4.78, 5) is 11.4. The molecule has 3 nitrogen and oxygen atoms in total. The number of nitrogens with one attached hydrogen (secondary N) is 1. The zero-order chi connectivity index (χ0) is 15.7. The summed E-state index contributed by atoms with van der Waals surface area (Å²) >= 11 is 7.67. The van der Waals surface area contributed by atoms with Crippen LogP contribution in [0, 0.1) is 0 Å². The molecule has 0 aliphatic carbocycles. The Labute approximate surface area is 136 Å². The lowest BCUT2D eigenvalue weighted by atomic mass is 9.96. The fourth-order valence-electron chi connectivity index (χ4n) is 1.97. The summed E-state index contributed by atoms with van der Waals surface area (Å²) in [5, 5.41) is 13.2. The van der Waals surface area contributed by atoms with Gasteiger partial charge in [0.25, 0.3) is 0 Å². The fourth-order valence-corrected chi connectivity index (χ4v) is 3.02. The summed E-state index contributed by atoms with van der Waals surface area (Å²) in [7, 11) is 0. The predicted molar refractivity (Wildman–Crippen MR) is 91.2 cm³/mol. The van der Waals surface area contributed by atoms with Crippen LogP contribution in [0.2, 0.25) is 5.02 Å². The van der Waals surface area contributed by atoms with Gasteiger partial charge in [0.05, 0.1) is 0 Å². The van der Waals surface area contributed by atoms with Crippen LogP contribution in [0.3, 0.4) is 0 Å². The second kappa shape index (κ2) is 9.34. The van der Waals surface area contributed by atoms with E-state index in [1.165, 1.54) is 5.56 Å². The van der Waals surface area contributed by atoms with Crippen LogP contribution in [0.25, 0.3) is 0 Å². The van der Waals surface area contributed by atoms with Crippen molar-refractivity contribution in [2.75, 3.05) is 12.3 Å². The van der Waals surface area contributed by atoms with Gasteiger partial charge >= 0.3 is 5.97 Å². The molecule has 0 amide bonds. The first kappa shape index (κ1) is 18.3. The molecule has 0 saturated heterocycles. The normalized spacial score (nSPS) is 13.9. The smallest absolute Gasteiger partial charge is 0.323 e. The Morgan fingerprint density at radius 3 is 2.62 bits per heavy atom. The summed E-state index contributed by atoms with van der Waals surface area (Å²) in [6, 6.07) is 7.85. The van der Waals surface area contributed by atoms with Crippen molar-refractivity contribution in [3.05, 3.63) is 34.9 Å². The van der Waals surface area contributed by atoms with Crippen molar-refractivity contribution in [2.45, 2.75) is 44.4 Å². The van der Waals surface area contributed by atoms with Crippen LogP contribution in [-0.2, 0) is 10.5 Å². The van der Waals surface area contributed by atoms with Crippen molar-refractivity contribution >= 4 is 29.3 Å². The maximum atomic E-state index is 11.4. The minimum Gasteiger partial charge on any atom is -0.480 e. The highest BCUT2D eigenvalue weighted by Gasteiger charge is 2.31. The predicted octanol–water partition coefficient (Wildman–Crippen LogP) is 4.20. The number of rotatable bonds is 10. The molecule has 0 fully saturated rings. The number of thioether (sulfide) groups is 1. The molecule has 1 aromatic carbocycles. The van der Waals surface area contributed by atoms with Gasteiger partial charge in [-0.3, -0.25) is 4.79 Å². The summed E-state index contributed by atoms with van der Waals surface area (Å²) in [5.41, 5.74) is 0.436. The first-order chi connectivity index (χ1) is 9.98. The number of carbonyl (C=O) groups is 1. The van der Waals surface area contributed by atoms with E-state index in [0.29, 0.717) is 6.42 Å². The van der Waals surface area contributed by atoms with Gasteiger partial charge in [-0.15, -0.1) is 0 Å². The van der Waals surface area contributed by atoms with E-state index in [1.807, 2.05) is 43.0 Å². The monoisotopic (exact) mass is 329 g/mol. The number of hydrogen-bond acceptors (Lipinski definition) is 3. The van der Waals surface area contributed by atoms with Crippen molar-refractivity contribution < 1.29 is 9.90 Å². The summed E-state index contributed by atoms with van der Waals surface area (Å²) in [6.45, 7) is 4.55. The average molecular weight is 330 g/mol. The molecule has 0 radical (unpaired) electrons. The van der Waals surface area contributed by atoms with Crippen molar-refractivity contribution in [3.63, 3.8) is 0 Å². The third-order valence-corrected chi connectivity index (χ3v) is 4.75. The third kappa shape index (κ3) is 6.72. The second-order valence-corrected chi connectivity index (χ2v) is 6.89. The molecular weight excluding hydrogens is 306 g/mol. The molecule has 0 aliphatic heterocycles. The minimum atomic E-state index is -0.809. The van der Waals surface area contributed by atoms with E-state index in [1.54, 1.807) is 6.92 Å². The van der Waals surface area contributed by atoms with Gasteiger partial charge in [-0.05, 0) is 56.2 Å². The van der Waals surface area contributed by atoms with E-state index in [-0.39, 0.29) is 0 Å². The van der Waals surface area contributed by atoms with Gasteiger partial charge in [0, 0.05) is 10.8 Å². The Bertz CT molecular complexity index is 438. The lowest BCUT2D eigenvalue weighted by Crippen LogP contribution is -2.49. The molecule has 1 aromatic rings. The maximum Gasteiger partial charge on any atom is 0.323 e. The van der Waals surface area contributed by atoms with Crippen LogP contribution in [0.4, 0.5) is 0 Å². The standard InChI is InChI=1S/C16H24ClNO2S/c1-3-10-18-16(2,15(19)20)9-4-11-21-12-13-5-7-14(17)8-6-13/h5-8,18H,3-4,9-12H2,1-2H3,(H,19,20). The van der Waals surface area contributed by atoms with Gasteiger partial charge < -0.3 is 10.4 Å². The Morgan fingerprint density at radius 2 is 2.05 bits per heavy atom. The zero-order valence-electron chi connectivity index (χ0n) is 12.7. The molecule has 1 rings (SSSR count). The van der Waals surface area contributed by atoms with E-state index < -0.39 is 11.5 Å². The molecular formula is C16H24ClNO2S. The molecule has 21 heavy (non-hydrogen) atoms. The number of hydrogen-bond donors (Lipinski definition) is 2. The highest BCUT2D eigenvalue weighted by atomic mass is 35.5. The summed E-state index contributed by atoms with van der Waals surface area (Å²) < 4.78 is 0. The van der Waals surface area contributed by atoms with Crippen molar-refractivity contribution in [3.8, 4) is 0 Å². The minimum absolute atomic E-state index is 0.649. The van der Waals surface area contributed by atoms with Crippen molar-refractivity contribution in [1.82, 2.24) is 5.32 Å². The molecule has 0 bridgehead atoms. The topological polar surface area (TPSA) is 49.3 Å². The first-order valence-corrected chi connectivity index (χ1v) is 8.82. The summed E-state index contributed by atoms with van der Waals surface area (Å²) in [6.07, 6.45) is 2.47. The van der Waals surface area contributed by atoms with Gasteiger partial charge in [-0.2, -0.15) is 11.8 Å². The van der Waals surface area contributed by atoms with E-state index in [9.17, 15) is 9.90 Å². The lowest BCUT2D eigenvalue weighted by Gasteiger charge is -2.26. The fraction of sp³-hybridized carbons (Fsp3) is 0.562. The maximum absolute atomic E-state index is 11.4. The highest BCUT2D eigenvalue weighted by Crippen LogP contribution is 2.19. The number of aliphatic carboxylic acids is 1. The summed E-state index contributed by atoms with van der Waals surface area (Å²) in [5.74, 6) is 1.13. The van der Waals surface area contributed by atoms with Crippen LogP contribution >= 0.6 is 23.4 Å². The van der Waals surface area contributed by atoms with Crippen LogP contribution in [0.1, 0.15) is 38.7 Å². The molecule has 0 heterocycles. The molecule has 1 unspecified atom stereocenters. The number of carboxylic acid groups (broad SMARTS) is 1.